The number of hydrogen-bond donors (Lipinski definition) is 3. The van der Waals surface area contributed by atoms with Crippen LogP contribution in [-0.2, 0) is 25.0 Å². The number of carbonyl (C=O) groups excluding carboxylic acids is 2. The number of carbonyl (C=O) groups is 2. The largest absolute Gasteiger partial charge is 0.528 e. The van der Waals surface area contributed by atoms with Gasteiger partial charge in [-0.05, 0) is 81.0 Å². The lowest BCUT2D eigenvalue weighted by Crippen LogP contribution is -2.41. The second-order valence-corrected chi connectivity index (χ2v) is 15.9. The average Bonchev–Trinajstić information content (AvgIpc) is 2.97. The molecule has 2 aromatic carbocycles. The number of amides is 1. The van der Waals surface area contributed by atoms with Crippen molar-refractivity contribution in [3.05, 3.63) is 64.8 Å². The molecule has 0 radical (unpaired) electrons. The second kappa shape index (κ2) is 15.1. The number of nitrogens with zero attached hydrogens (tertiary/aromatic N) is 2. The van der Waals surface area contributed by atoms with E-state index in [-0.39, 0.29) is 44.9 Å². The highest BCUT2D eigenvalue weighted by atomic mass is 35.5. The molecule has 0 spiro atoms. The smallest absolute Gasteiger partial charge is 0.492 e. The van der Waals surface area contributed by atoms with Gasteiger partial charge in [-0.2, -0.15) is 0 Å². The third-order valence-electron chi connectivity index (χ3n) is 7.25. The number of benzene rings is 2. The summed E-state index contributed by atoms with van der Waals surface area (Å²) in [7, 11) is -2.24. The molecule has 49 heavy (non-hydrogen) atoms. The van der Waals surface area contributed by atoms with E-state index in [4.69, 9.17) is 30.6 Å². The van der Waals surface area contributed by atoms with Crippen molar-refractivity contribution in [3.63, 3.8) is 0 Å². The maximum absolute atomic E-state index is 13.5. The van der Waals surface area contributed by atoms with Crippen molar-refractivity contribution in [2.75, 3.05) is 41.8 Å². The minimum absolute atomic E-state index is 0.0822. The summed E-state index contributed by atoms with van der Waals surface area (Å²) in [5.41, 5.74) is 0.508. The summed E-state index contributed by atoms with van der Waals surface area (Å²) in [5.74, 6) is 0.941. The SMILES string of the molecule is COc1c(NC(=O)c2ccc(Cl)c(Oc3ccnc(NC4CCN(OC(=O)OC(C)(C)C)CC4)c3)c2)cc(C(C)(C)C)cc1NS(C)(=O)=O. The first-order chi connectivity index (χ1) is 22.8. The van der Waals surface area contributed by atoms with Gasteiger partial charge in [0.25, 0.3) is 5.91 Å². The molecule has 13 nitrogen and oxygen atoms in total. The molecular formula is C34H44ClN5O8S. The fourth-order valence-corrected chi connectivity index (χ4v) is 5.63. The number of piperidine rings is 1. The zero-order chi connectivity index (χ0) is 36.1. The van der Waals surface area contributed by atoms with Crippen molar-refractivity contribution in [2.24, 2.45) is 0 Å². The van der Waals surface area contributed by atoms with E-state index in [1.807, 2.05) is 20.8 Å². The summed E-state index contributed by atoms with van der Waals surface area (Å²) in [6, 6.07) is 11.5. The van der Waals surface area contributed by atoms with Crippen LogP contribution in [-0.4, -0.2) is 68.6 Å². The van der Waals surface area contributed by atoms with Gasteiger partial charge in [0.05, 0.1) is 29.8 Å². The fourth-order valence-electron chi connectivity index (χ4n) is 4.92. The quantitative estimate of drug-likeness (QED) is 0.182. The highest BCUT2D eigenvalue weighted by Crippen LogP contribution is 2.40. The van der Waals surface area contributed by atoms with E-state index < -0.39 is 27.7 Å². The third-order valence-corrected chi connectivity index (χ3v) is 8.16. The predicted octanol–water partition coefficient (Wildman–Crippen LogP) is 7.20. The number of hydroxylamine groups is 2. The molecule has 3 N–H and O–H groups in total. The van der Waals surface area contributed by atoms with Crippen LogP contribution >= 0.6 is 11.6 Å². The van der Waals surface area contributed by atoms with E-state index in [1.165, 1.54) is 13.2 Å². The van der Waals surface area contributed by atoms with Gasteiger partial charge >= 0.3 is 6.16 Å². The van der Waals surface area contributed by atoms with Gasteiger partial charge in [-0.15, -0.1) is 5.06 Å². The average molecular weight is 718 g/mol. The first kappa shape index (κ1) is 37.5. The molecule has 1 amide bonds. The Morgan fingerprint density at radius 1 is 0.980 bits per heavy atom. The first-order valence-electron chi connectivity index (χ1n) is 15.7. The lowest BCUT2D eigenvalue weighted by Gasteiger charge is -2.31. The Hall–Kier alpha value is -4.27. The number of anilines is 3. The molecule has 0 atom stereocenters. The molecule has 0 aliphatic carbocycles. The van der Waals surface area contributed by atoms with E-state index in [0.29, 0.717) is 37.5 Å². The van der Waals surface area contributed by atoms with E-state index in [0.717, 1.165) is 11.8 Å². The van der Waals surface area contributed by atoms with Gasteiger partial charge in [-0.3, -0.25) is 9.52 Å². The highest BCUT2D eigenvalue weighted by Gasteiger charge is 2.26. The highest BCUT2D eigenvalue weighted by molar-refractivity contribution is 7.92. The normalized spacial score (nSPS) is 14.5. The Balaban J connectivity index is 1.45. The molecular weight excluding hydrogens is 674 g/mol. The minimum Gasteiger partial charge on any atom is -0.492 e. The van der Waals surface area contributed by atoms with E-state index in [1.54, 1.807) is 68.4 Å². The number of pyridine rings is 1. The summed E-state index contributed by atoms with van der Waals surface area (Å²) in [6.45, 7) is 12.3. The molecule has 2 heterocycles. The van der Waals surface area contributed by atoms with Crippen LogP contribution in [0.1, 0.15) is 70.3 Å². The fraction of sp³-hybridized carbons (Fsp3) is 0.441. The summed E-state index contributed by atoms with van der Waals surface area (Å²) in [6.07, 6.45) is 3.32. The van der Waals surface area contributed by atoms with Crippen LogP contribution in [0.4, 0.5) is 22.0 Å². The van der Waals surface area contributed by atoms with Crippen LogP contribution in [0.5, 0.6) is 17.2 Å². The van der Waals surface area contributed by atoms with Gasteiger partial charge in [-0.1, -0.05) is 32.4 Å². The number of ether oxygens (including phenoxy) is 3. The first-order valence-corrected chi connectivity index (χ1v) is 17.9. The summed E-state index contributed by atoms with van der Waals surface area (Å²) < 4.78 is 43.5. The van der Waals surface area contributed by atoms with Crippen molar-refractivity contribution in [1.82, 2.24) is 10.0 Å². The maximum Gasteiger partial charge on any atom is 0.528 e. The summed E-state index contributed by atoms with van der Waals surface area (Å²) in [4.78, 5) is 35.2. The van der Waals surface area contributed by atoms with Crippen LogP contribution < -0.4 is 24.8 Å². The number of sulfonamides is 1. The van der Waals surface area contributed by atoms with Gasteiger partial charge < -0.3 is 29.7 Å². The van der Waals surface area contributed by atoms with Crippen molar-refractivity contribution in [2.45, 2.75) is 71.4 Å². The van der Waals surface area contributed by atoms with Crippen molar-refractivity contribution in [1.29, 1.82) is 0 Å². The number of nitrogens with one attached hydrogen (secondary N) is 3. The zero-order valence-electron chi connectivity index (χ0n) is 29.0. The maximum atomic E-state index is 13.5. The van der Waals surface area contributed by atoms with Crippen LogP contribution in [0, 0.1) is 0 Å². The zero-order valence-corrected chi connectivity index (χ0v) is 30.5. The van der Waals surface area contributed by atoms with E-state index in [9.17, 15) is 18.0 Å². The van der Waals surface area contributed by atoms with Crippen molar-refractivity contribution < 1.29 is 37.1 Å². The van der Waals surface area contributed by atoms with E-state index >= 15 is 0 Å². The van der Waals surface area contributed by atoms with Gasteiger partial charge in [0.2, 0.25) is 10.0 Å². The number of rotatable bonds is 10. The van der Waals surface area contributed by atoms with E-state index in [2.05, 4.69) is 20.3 Å². The van der Waals surface area contributed by atoms with Gasteiger partial charge in [0.1, 0.15) is 22.9 Å². The Morgan fingerprint density at radius 3 is 2.27 bits per heavy atom. The standard InChI is InChI=1S/C34H44ClN5O8S/c1-33(2,3)22-18-26(30(45-7)27(19-22)39-49(8,43)44)38-31(41)21-9-10-25(35)28(17-21)46-24-11-14-36-29(20-24)37-23-12-15-40(16-13-23)48-32(42)47-34(4,5)6/h9-11,14,17-20,23,39H,12-13,15-16H2,1-8H3,(H,36,37)(H,38,41). The Bertz CT molecular complexity index is 1780. The summed E-state index contributed by atoms with van der Waals surface area (Å²) >= 11 is 6.47. The molecule has 0 unspecified atom stereocenters. The molecule has 1 fully saturated rings. The predicted molar refractivity (Wildman–Crippen MR) is 189 cm³/mol. The molecule has 1 aliphatic heterocycles. The second-order valence-electron chi connectivity index (χ2n) is 13.7. The minimum atomic E-state index is -3.64. The topological polar surface area (TPSA) is 157 Å². The molecule has 1 aliphatic rings. The molecule has 0 bridgehead atoms. The summed E-state index contributed by atoms with van der Waals surface area (Å²) in [5, 5.41) is 8.12. The lowest BCUT2D eigenvalue weighted by molar-refractivity contribution is -0.151. The third kappa shape index (κ3) is 11.1. The molecule has 266 valence electrons. The van der Waals surface area contributed by atoms with Crippen LogP contribution in [0.15, 0.2) is 48.7 Å². The molecule has 1 aromatic heterocycles. The molecule has 4 rings (SSSR count). The van der Waals surface area contributed by atoms with Crippen LogP contribution in [0.3, 0.4) is 0 Å². The number of hydrogen-bond acceptors (Lipinski definition) is 11. The van der Waals surface area contributed by atoms with Crippen molar-refractivity contribution >= 4 is 50.9 Å². The van der Waals surface area contributed by atoms with Gasteiger partial charge in [-0.25, -0.2) is 18.2 Å². The molecule has 0 saturated carbocycles. The van der Waals surface area contributed by atoms with Crippen molar-refractivity contribution in [3.8, 4) is 17.2 Å². The molecule has 15 heteroatoms. The molecule has 1 saturated heterocycles. The Morgan fingerprint density at radius 2 is 1.65 bits per heavy atom. The van der Waals surface area contributed by atoms with Crippen LogP contribution in [0.25, 0.3) is 0 Å². The Kier molecular flexibility index (Phi) is 11.6. The van der Waals surface area contributed by atoms with Gasteiger partial charge in [0.15, 0.2) is 5.75 Å². The number of halogens is 1. The van der Waals surface area contributed by atoms with Crippen LogP contribution in [0.2, 0.25) is 5.02 Å². The number of aromatic nitrogens is 1. The number of methoxy groups -OCH3 is 1. The van der Waals surface area contributed by atoms with Gasteiger partial charge in [0, 0.05) is 37.0 Å². The lowest BCUT2D eigenvalue weighted by atomic mass is 9.86. The monoisotopic (exact) mass is 717 g/mol. The Labute approximate surface area is 292 Å². The molecule has 3 aromatic rings.